The molecule has 3 heteroatoms. The standard InChI is InChI=1S/C16H24N2O/c1-18(11-13-7-3-2-4-8-13)12-15-14-9-5-6-10-16(14)19-17-15/h2-3,13H,4-12H2,1H3. The van der Waals surface area contributed by atoms with E-state index in [0.717, 1.165) is 31.1 Å². The number of fused-ring (bicyclic) bond motifs is 1. The van der Waals surface area contributed by atoms with Crippen LogP contribution in [-0.2, 0) is 19.4 Å². The summed E-state index contributed by atoms with van der Waals surface area (Å²) in [7, 11) is 2.21. The van der Waals surface area contributed by atoms with Crippen LogP contribution in [0.2, 0.25) is 0 Å². The lowest BCUT2D eigenvalue weighted by Gasteiger charge is -2.24. The molecule has 3 nitrogen and oxygen atoms in total. The Kier molecular flexibility index (Phi) is 4.02. The lowest BCUT2D eigenvalue weighted by Crippen LogP contribution is -2.26. The zero-order valence-electron chi connectivity index (χ0n) is 11.9. The second-order valence-electron chi connectivity index (χ2n) is 6.09. The molecule has 0 spiro atoms. The van der Waals surface area contributed by atoms with Crippen LogP contribution in [0.5, 0.6) is 0 Å². The van der Waals surface area contributed by atoms with Gasteiger partial charge in [0.1, 0.15) is 11.5 Å². The first-order valence-corrected chi connectivity index (χ1v) is 7.63. The maximum Gasteiger partial charge on any atom is 0.140 e. The molecule has 1 atom stereocenters. The second kappa shape index (κ2) is 5.91. The van der Waals surface area contributed by atoms with Crippen molar-refractivity contribution in [3.8, 4) is 0 Å². The highest BCUT2D eigenvalue weighted by Gasteiger charge is 2.21. The number of aromatic nitrogens is 1. The van der Waals surface area contributed by atoms with Crippen molar-refractivity contribution in [1.82, 2.24) is 10.1 Å². The van der Waals surface area contributed by atoms with Crippen LogP contribution in [0.15, 0.2) is 16.7 Å². The minimum atomic E-state index is 0.817. The van der Waals surface area contributed by atoms with Crippen LogP contribution in [0.1, 0.15) is 49.1 Å². The van der Waals surface area contributed by atoms with Crippen LogP contribution in [-0.4, -0.2) is 23.6 Å². The molecule has 104 valence electrons. The molecule has 0 aliphatic heterocycles. The first-order valence-electron chi connectivity index (χ1n) is 7.63. The number of aryl methyl sites for hydroxylation is 1. The summed E-state index contributed by atoms with van der Waals surface area (Å²) in [5, 5.41) is 4.30. The van der Waals surface area contributed by atoms with E-state index in [9.17, 15) is 0 Å². The van der Waals surface area contributed by atoms with Gasteiger partial charge in [-0.25, -0.2) is 0 Å². The van der Waals surface area contributed by atoms with Gasteiger partial charge in [-0.05, 0) is 51.5 Å². The topological polar surface area (TPSA) is 29.3 Å². The van der Waals surface area contributed by atoms with Crippen LogP contribution >= 0.6 is 0 Å². The Morgan fingerprint density at radius 2 is 2.21 bits per heavy atom. The highest BCUT2D eigenvalue weighted by molar-refractivity contribution is 5.25. The maximum atomic E-state index is 5.49. The molecule has 0 bridgehead atoms. The first kappa shape index (κ1) is 12.9. The molecular weight excluding hydrogens is 236 g/mol. The molecule has 0 aromatic carbocycles. The van der Waals surface area contributed by atoms with E-state index < -0.39 is 0 Å². The summed E-state index contributed by atoms with van der Waals surface area (Å²) in [6.45, 7) is 2.12. The van der Waals surface area contributed by atoms with Crippen molar-refractivity contribution in [2.24, 2.45) is 5.92 Å². The van der Waals surface area contributed by atoms with Gasteiger partial charge in [-0.3, -0.25) is 0 Å². The van der Waals surface area contributed by atoms with Gasteiger partial charge in [-0.2, -0.15) is 0 Å². The summed E-state index contributed by atoms with van der Waals surface area (Å²) < 4.78 is 5.49. The van der Waals surface area contributed by atoms with E-state index in [1.807, 2.05) is 0 Å². The Morgan fingerprint density at radius 3 is 3.05 bits per heavy atom. The summed E-state index contributed by atoms with van der Waals surface area (Å²) in [5.41, 5.74) is 2.59. The van der Waals surface area contributed by atoms with Crippen LogP contribution in [0.3, 0.4) is 0 Å². The zero-order valence-corrected chi connectivity index (χ0v) is 11.9. The molecule has 0 radical (unpaired) electrons. The van der Waals surface area contributed by atoms with Gasteiger partial charge in [0.25, 0.3) is 0 Å². The highest BCUT2D eigenvalue weighted by atomic mass is 16.5. The van der Waals surface area contributed by atoms with Crippen molar-refractivity contribution in [3.05, 3.63) is 29.2 Å². The normalized spacial score (nSPS) is 22.7. The summed E-state index contributed by atoms with van der Waals surface area (Å²) in [6, 6.07) is 0. The number of hydrogen-bond acceptors (Lipinski definition) is 3. The van der Waals surface area contributed by atoms with Crippen LogP contribution in [0.25, 0.3) is 0 Å². The first-order chi connectivity index (χ1) is 9.33. The third kappa shape index (κ3) is 3.08. The van der Waals surface area contributed by atoms with Crippen molar-refractivity contribution in [3.63, 3.8) is 0 Å². The molecule has 19 heavy (non-hydrogen) atoms. The highest BCUT2D eigenvalue weighted by Crippen LogP contribution is 2.25. The van der Waals surface area contributed by atoms with E-state index in [1.54, 1.807) is 0 Å². The number of allylic oxidation sites excluding steroid dienone is 2. The van der Waals surface area contributed by atoms with Gasteiger partial charge >= 0.3 is 0 Å². The number of nitrogens with zero attached hydrogens (tertiary/aromatic N) is 2. The lowest BCUT2D eigenvalue weighted by molar-refractivity contribution is 0.250. The van der Waals surface area contributed by atoms with E-state index >= 15 is 0 Å². The van der Waals surface area contributed by atoms with Crippen molar-refractivity contribution in [2.75, 3.05) is 13.6 Å². The predicted octanol–water partition coefficient (Wildman–Crippen LogP) is 3.34. The zero-order chi connectivity index (χ0) is 13.1. The van der Waals surface area contributed by atoms with Gasteiger partial charge in [0.15, 0.2) is 0 Å². The minimum Gasteiger partial charge on any atom is -0.361 e. The Hall–Kier alpha value is -1.09. The van der Waals surface area contributed by atoms with Crippen molar-refractivity contribution >= 4 is 0 Å². The maximum absolute atomic E-state index is 5.49. The summed E-state index contributed by atoms with van der Waals surface area (Å²) in [4.78, 5) is 2.41. The van der Waals surface area contributed by atoms with Gasteiger partial charge in [0, 0.05) is 25.1 Å². The van der Waals surface area contributed by atoms with Gasteiger partial charge in [-0.1, -0.05) is 17.3 Å². The molecule has 2 aliphatic rings. The smallest absolute Gasteiger partial charge is 0.140 e. The van der Waals surface area contributed by atoms with E-state index in [2.05, 4.69) is 29.3 Å². The lowest BCUT2D eigenvalue weighted by atomic mass is 9.93. The fourth-order valence-corrected chi connectivity index (χ4v) is 3.36. The molecule has 0 N–H and O–H groups in total. The molecule has 1 aromatic heterocycles. The fraction of sp³-hybridized carbons (Fsp3) is 0.688. The van der Waals surface area contributed by atoms with Crippen LogP contribution in [0.4, 0.5) is 0 Å². The molecule has 1 heterocycles. The predicted molar refractivity (Wildman–Crippen MR) is 76.0 cm³/mol. The second-order valence-corrected chi connectivity index (χ2v) is 6.09. The van der Waals surface area contributed by atoms with Crippen molar-refractivity contribution in [1.29, 1.82) is 0 Å². The third-order valence-electron chi connectivity index (χ3n) is 4.40. The Labute approximate surface area is 115 Å². The SMILES string of the molecule is CN(Cc1noc2c1CCCC2)CC1CC=CCC1. The average molecular weight is 260 g/mol. The summed E-state index contributed by atoms with van der Waals surface area (Å²) >= 11 is 0. The Balaban J connectivity index is 1.58. The van der Waals surface area contributed by atoms with Gasteiger partial charge in [-0.15, -0.1) is 0 Å². The van der Waals surface area contributed by atoms with Gasteiger partial charge < -0.3 is 9.42 Å². The molecule has 0 fully saturated rings. The largest absolute Gasteiger partial charge is 0.361 e. The number of hydrogen-bond donors (Lipinski definition) is 0. The number of rotatable bonds is 4. The van der Waals surface area contributed by atoms with Crippen molar-refractivity contribution < 1.29 is 4.52 Å². The van der Waals surface area contributed by atoms with Crippen LogP contribution < -0.4 is 0 Å². The third-order valence-corrected chi connectivity index (χ3v) is 4.40. The molecule has 0 saturated carbocycles. The molecule has 1 aromatic rings. The van der Waals surface area contributed by atoms with Gasteiger partial charge in [0.2, 0.25) is 0 Å². The van der Waals surface area contributed by atoms with Gasteiger partial charge in [0.05, 0.1) is 0 Å². The van der Waals surface area contributed by atoms with E-state index in [-0.39, 0.29) is 0 Å². The van der Waals surface area contributed by atoms with Crippen LogP contribution in [0, 0.1) is 5.92 Å². The van der Waals surface area contributed by atoms with E-state index in [0.29, 0.717) is 0 Å². The summed E-state index contributed by atoms with van der Waals surface area (Å²) in [5.74, 6) is 1.97. The average Bonchev–Trinajstić information content (AvgIpc) is 2.83. The minimum absolute atomic E-state index is 0.817. The Morgan fingerprint density at radius 1 is 1.32 bits per heavy atom. The molecule has 3 rings (SSSR count). The Bertz CT molecular complexity index is 450. The molecule has 1 unspecified atom stereocenters. The van der Waals surface area contributed by atoms with E-state index in [1.165, 1.54) is 49.9 Å². The summed E-state index contributed by atoms with van der Waals surface area (Å²) in [6.07, 6.45) is 13.2. The molecule has 2 aliphatic carbocycles. The molecular formula is C16H24N2O. The fourth-order valence-electron chi connectivity index (χ4n) is 3.36. The monoisotopic (exact) mass is 260 g/mol. The van der Waals surface area contributed by atoms with E-state index in [4.69, 9.17) is 4.52 Å². The molecule has 0 amide bonds. The van der Waals surface area contributed by atoms with Crippen molar-refractivity contribution in [2.45, 2.75) is 51.5 Å². The quantitative estimate of drug-likeness (QED) is 0.778. The molecule has 0 saturated heterocycles.